The van der Waals surface area contributed by atoms with E-state index in [4.69, 9.17) is 5.14 Å². The Hall–Kier alpha value is 0.110. The highest BCUT2D eigenvalue weighted by Crippen LogP contribution is 2.09. The van der Waals surface area contributed by atoms with Gasteiger partial charge < -0.3 is 0 Å². The summed E-state index contributed by atoms with van der Waals surface area (Å²) >= 11 is 0. The molecular formula is C7H17NOS. The van der Waals surface area contributed by atoms with E-state index in [1.807, 2.05) is 0 Å². The van der Waals surface area contributed by atoms with Gasteiger partial charge in [-0.05, 0) is 12.3 Å². The maximum Gasteiger partial charge on any atom is 0.0888 e. The van der Waals surface area contributed by atoms with Crippen LogP contribution in [0.3, 0.4) is 0 Å². The summed E-state index contributed by atoms with van der Waals surface area (Å²) in [7, 11) is -1.09. The van der Waals surface area contributed by atoms with Gasteiger partial charge in [-0.2, -0.15) is 0 Å². The van der Waals surface area contributed by atoms with Gasteiger partial charge in [-0.15, -0.1) is 0 Å². The van der Waals surface area contributed by atoms with E-state index in [0.717, 1.165) is 6.42 Å². The lowest BCUT2D eigenvalue weighted by Gasteiger charge is -2.06. The molecule has 0 fully saturated rings. The van der Waals surface area contributed by atoms with E-state index >= 15 is 0 Å². The molecule has 0 aliphatic carbocycles. The third kappa shape index (κ3) is 6.23. The van der Waals surface area contributed by atoms with Gasteiger partial charge in [0.1, 0.15) is 0 Å². The van der Waals surface area contributed by atoms with Crippen molar-refractivity contribution in [3.8, 4) is 0 Å². The molecule has 2 nitrogen and oxygen atoms in total. The van der Waals surface area contributed by atoms with Gasteiger partial charge in [-0.3, -0.25) is 5.14 Å². The maximum absolute atomic E-state index is 10.4. The standard InChI is InChI=1S/C7H17NOS/c1-3-4-7(2)5-6-10(8)9/h7H,3-6,8H2,1-2H3. The monoisotopic (exact) mass is 163 g/mol. The third-order valence-electron chi connectivity index (χ3n) is 1.59. The summed E-state index contributed by atoms with van der Waals surface area (Å²) in [5, 5.41) is 5.11. The van der Waals surface area contributed by atoms with E-state index in [0.29, 0.717) is 11.7 Å². The molecule has 0 aromatic heterocycles. The summed E-state index contributed by atoms with van der Waals surface area (Å²) in [6.07, 6.45) is 3.42. The van der Waals surface area contributed by atoms with Crippen LogP contribution in [0.25, 0.3) is 0 Å². The number of nitrogens with two attached hydrogens (primary N) is 1. The van der Waals surface area contributed by atoms with Crippen LogP contribution >= 0.6 is 0 Å². The molecule has 0 saturated heterocycles. The molecule has 62 valence electrons. The summed E-state index contributed by atoms with van der Waals surface area (Å²) in [5.41, 5.74) is 0. The van der Waals surface area contributed by atoms with Crippen molar-refractivity contribution in [2.75, 3.05) is 5.75 Å². The minimum absolute atomic E-state index is 0.654. The lowest BCUT2D eigenvalue weighted by Crippen LogP contribution is -2.10. The lowest BCUT2D eigenvalue weighted by atomic mass is 10.0. The molecule has 0 heterocycles. The topological polar surface area (TPSA) is 43.1 Å². The fraction of sp³-hybridized carbons (Fsp3) is 1.00. The Morgan fingerprint density at radius 3 is 2.50 bits per heavy atom. The Balaban J connectivity index is 3.21. The van der Waals surface area contributed by atoms with Crippen molar-refractivity contribution in [1.29, 1.82) is 0 Å². The van der Waals surface area contributed by atoms with Crippen molar-refractivity contribution in [1.82, 2.24) is 0 Å². The van der Waals surface area contributed by atoms with E-state index in [1.54, 1.807) is 0 Å². The average molecular weight is 163 g/mol. The molecule has 0 amide bonds. The summed E-state index contributed by atoms with van der Waals surface area (Å²) in [6.45, 7) is 4.34. The van der Waals surface area contributed by atoms with E-state index in [-0.39, 0.29) is 0 Å². The highest BCUT2D eigenvalue weighted by Gasteiger charge is 2.01. The van der Waals surface area contributed by atoms with E-state index in [2.05, 4.69) is 13.8 Å². The van der Waals surface area contributed by atoms with Gasteiger partial charge >= 0.3 is 0 Å². The van der Waals surface area contributed by atoms with Gasteiger partial charge in [-0.1, -0.05) is 26.7 Å². The Labute approximate surface area is 65.8 Å². The fourth-order valence-corrected chi connectivity index (χ4v) is 1.59. The van der Waals surface area contributed by atoms with Crippen LogP contribution in [0.1, 0.15) is 33.1 Å². The molecule has 0 radical (unpaired) electrons. The van der Waals surface area contributed by atoms with Crippen molar-refractivity contribution >= 4 is 11.0 Å². The molecule has 0 saturated carbocycles. The first kappa shape index (κ1) is 10.1. The molecule has 0 bridgehead atoms. The molecule has 0 aliphatic heterocycles. The van der Waals surface area contributed by atoms with Gasteiger partial charge in [0.2, 0.25) is 0 Å². The second-order valence-corrected chi connectivity index (χ2v) is 3.94. The molecule has 0 aliphatic rings. The normalized spacial score (nSPS) is 16.7. The number of hydrogen-bond acceptors (Lipinski definition) is 1. The van der Waals surface area contributed by atoms with Gasteiger partial charge in [0, 0.05) is 5.75 Å². The Morgan fingerprint density at radius 1 is 1.50 bits per heavy atom. The zero-order valence-corrected chi connectivity index (χ0v) is 7.62. The molecule has 0 aromatic carbocycles. The predicted molar refractivity (Wildman–Crippen MR) is 45.9 cm³/mol. The first-order valence-electron chi connectivity index (χ1n) is 3.79. The zero-order valence-electron chi connectivity index (χ0n) is 6.80. The summed E-state index contributed by atoms with van der Waals surface area (Å²) < 4.78 is 10.4. The van der Waals surface area contributed by atoms with Crippen LogP contribution in [0.5, 0.6) is 0 Å². The van der Waals surface area contributed by atoms with Crippen LogP contribution in [-0.2, 0) is 11.0 Å². The van der Waals surface area contributed by atoms with Gasteiger partial charge in [-0.25, -0.2) is 4.21 Å². The first-order valence-corrected chi connectivity index (χ1v) is 5.17. The number of hydrogen-bond donors (Lipinski definition) is 1. The molecule has 2 atom stereocenters. The lowest BCUT2D eigenvalue weighted by molar-refractivity contribution is 0.510. The molecule has 0 rings (SSSR count). The van der Waals surface area contributed by atoms with Crippen molar-refractivity contribution < 1.29 is 4.21 Å². The van der Waals surface area contributed by atoms with Crippen LogP contribution in [0.15, 0.2) is 0 Å². The Kier molecular flexibility index (Phi) is 5.93. The van der Waals surface area contributed by atoms with Crippen molar-refractivity contribution in [2.24, 2.45) is 11.1 Å². The fourth-order valence-electron chi connectivity index (χ4n) is 0.954. The average Bonchev–Trinajstić information content (AvgIpc) is 1.85. The molecule has 2 N–H and O–H groups in total. The minimum Gasteiger partial charge on any atom is -0.252 e. The Morgan fingerprint density at radius 2 is 2.10 bits per heavy atom. The molecule has 10 heavy (non-hydrogen) atoms. The van der Waals surface area contributed by atoms with Crippen LogP contribution in [-0.4, -0.2) is 9.96 Å². The van der Waals surface area contributed by atoms with E-state index in [9.17, 15) is 4.21 Å². The molecule has 3 heteroatoms. The van der Waals surface area contributed by atoms with Gasteiger partial charge in [0.15, 0.2) is 0 Å². The van der Waals surface area contributed by atoms with Crippen LogP contribution in [0, 0.1) is 5.92 Å². The highest BCUT2D eigenvalue weighted by atomic mass is 32.2. The SMILES string of the molecule is CCCC(C)CCS(N)=O. The van der Waals surface area contributed by atoms with Crippen LogP contribution in [0.4, 0.5) is 0 Å². The van der Waals surface area contributed by atoms with Crippen molar-refractivity contribution in [3.05, 3.63) is 0 Å². The smallest absolute Gasteiger partial charge is 0.0888 e. The van der Waals surface area contributed by atoms with Crippen molar-refractivity contribution in [3.63, 3.8) is 0 Å². The highest BCUT2D eigenvalue weighted by molar-refractivity contribution is 7.82. The van der Waals surface area contributed by atoms with Gasteiger partial charge in [0.25, 0.3) is 0 Å². The largest absolute Gasteiger partial charge is 0.252 e. The summed E-state index contributed by atoms with van der Waals surface area (Å²) in [6, 6.07) is 0. The number of rotatable bonds is 5. The van der Waals surface area contributed by atoms with Crippen LogP contribution in [0.2, 0.25) is 0 Å². The second-order valence-electron chi connectivity index (χ2n) is 2.77. The van der Waals surface area contributed by atoms with E-state index < -0.39 is 11.0 Å². The molecule has 0 spiro atoms. The quantitative estimate of drug-likeness (QED) is 0.654. The predicted octanol–water partition coefficient (Wildman–Crippen LogP) is 1.44. The van der Waals surface area contributed by atoms with Gasteiger partial charge in [0.05, 0.1) is 11.0 Å². The third-order valence-corrected chi connectivity index (χ3v) is 2.23. The molecular weight excluding hydrogens is 146 g/mol. The summed E-state index contributed by atoms with van der Waals surface area (Å²) in [4.78, 5) is 0. The first-order chi connectivity index (χ1) is 4.66. The molecule has 2 unspecified atom stereocenters. The summed E-state index contributed by atoms with van der Waals surface area (Å²) in [5.74, 6) is 1.33. The second kappa shape index (κ2) is 5.86. The Bertz CT molecular complexity index is 106. The zero-order chi connectivity index (χ0) is 7.98. The molecule has 0 aromatic rings. The minimum atomic E-state index is -1.09. The van der Waals surface area contributed by atoms with Crippen LogP contribution < -0.4 is 5.14 Å². The van der Waals surface area contributed by atoms with Crippen molar-refractivity contribution in [2.45, 2.75) is 33.1 Å². The van der Waals surface area contributed by atoms with E-state index in [1.165, 1.54) is 12.8 Å². The maximum atomic E-state index is 10.4.